The second-order valence-electron chi connectivity index (χ2n) is 7.14. The molecule has 3 rings (SSSR count). The molecule has 0 aliphatic heterocycles. The normalized spacial score (nSPS) is 30.8. The molecule has 5 nitrogen and oxygen atoms in total. The predicted octanol–water partition coefficient (Wildman–Crippen LogP) is 4.19. The smallest absolute Gasteiger partial charge is 0.165 e. The van der Waals surface area contributed by atoms with Gasteiger partial charge in [-0.15, -0.1) is 0 Å². The summed E-state index contributed by atoms with van der Waals surface area (Å²) in [6, 6.07) is 7.24. The average Bonchev–Trinajstić information content (AvgIpc) is 2.62. The molecule has 0 heterocycles. The van der Waals surface area contributed by atoms with Crippen LogP contribution in [0.5, 0.6) is 11.5 Å². The van der Waals surface area contributed by atoms with E-state index in [1.807, 2.05) is 12.1 Å². The Hall–Kier alpha value is -1.30. The maximum atomic E-state index is 9.48. The van der Waals surface area contributed by atoms with Gasteiger partial charge in [0.15, 0.2) is 11.5 Å². The third kappa shape index (κ3) is 5.36. The molecule has 0 radical (unpaired) electrons. The molecule has 0 atom stereocenters. The van der Waals surface area contributed by atoms with E-state index in [1.54, 1.807) is 12.1 Å². The van der Waals surface area contributed by atoms with Crippen molar-refractivity contribution in [3.8, 4) is 11.5 Å². The van der Waals surface area contributed by atoms with Gasteiger partial charge in [-0.2, -0.15) is 9.78 Å². The Balaban J connectivity index is 1.37. The summed E-state index contributed by atoms with van der Waals surface area (Å²) in [6.07, 6.45) is 7.81. The molecule has 1 N–H and O–H groups in total. The molecule has 0 spiro atoms. The summed E-state index contributed by atoms with van der Waals surface area (Å²) in [5.74, 6) is 2.11. The quantitative estimate of drug-likeness (QED) is 0.623. The van der Waals surface area contributed by atoms with Crippen molar-refractivity contribution in [2.24, 2.45) is 5.92 Å². The van der Waals surface area contributed by atoms with E-state index in [0.717, 1.165) is 44.4 Å². The van der Waals surface area contributed by atoms with Crippen LogP contribution in [-0.2, 0) is 9.78 Å². The van der Waals surface area contributed by atoms with Gasteiger partial charge in [0.25, 0.3) is 0 Å². The van der Waals surface area contributed by atoms with Gasteiger partial charge in [-0.1, -0.05) is 6.92 Å². The minimum atomic E-state index is -0.186. The summed E-state index contributed by atoms with van der Waals surface area (Å²) in [6.45, 7) is 2.29. The number of aliphatic hydroxyl groups is 1. The molecule has 1 aromatic rings. The highest BCUT2D eigenvalue weighted by molar-refractivity contribution is 5.30. The maximum Gasteiger partial charge on any atom is 0.165 e. The lowest BCUT2D eigenvalue weighted by molar-refractivity contribution is -0.255. The van der Waals surface area contributed by atoms with Gasteiger partial charge in [-0.05, 0) is 81.5 Å². The van der Waals surface area contributed by atoms with Crippen molar-refractivity contribution in [2.45, 2.75) is 76.6 Å². The summed E-state index contributed by atoms with van der Waals surface area (Å²) in [5.41, 5.74) is 0. The van der Waals surface area contributed by atoms with Crippen molar-refractivity contribution in [1.82, 2.24) is 0 Å². The maximum absolute atomic E-state index is 9.48. The largest absolute Gasteiger partial charge is 0.393 e. The second-order valence-corrected chi connectivity index (χ2v) is 7.14. The van der Waals surface area contributed by atoms with E-state index in [0.29, 0.717) is 11.5 Å². The molecule has 0 saturated heterocycles. The third-order valence-electron chi connectivity index (χ3n) is 4.99. The Bertz CT molecular complexity index is 428. The molecule has 1 aromatic carbocycles. The van der Waals surface area contributed by atoms with Crippen LogP contribution in [0.2, 0.25) is 0 Å². The van der Waals surface area contributed by atoms with E-state index < -0.39 is 0 Å². The first-order chi connectivity index (χ1) is 11.7. The first-order valence-corrected chi connectivity index (χ1v) is 9.14. The number of rotatable bonds is 6. The summed E-state index contributed by atoms with van der Waals surface area (Å²) < 4.78 is 0. The van der Waals surface area contributed by atoms with Crippen LogP contribution in [0.3, 0.4) is 0 Å². The third-order valence-corrected chi connectivity index (χ3v) is 4.99. The fourth-order valence-corrected chi connectivity index (χ4v) is 3.27. The molecule has 24 heavy (non-hydrogen) atoms. The highest BCUT2D eigenvalue weighted by Crippen LogP contribution is 2.27. The van der Waals surface area contributed by atoms with Gasteiger partial charge in [0, 0.05) is 0 Å². The standard InChI is InChI=1S/C19H28O5/c1-14-2-6-16(7-3-14)21-23-18-10-12-19(13-11-18)24-22-17-8-4-15(20)5-9-17/h10-17,20H,2-9H2,1H3. The number of benzene rings is 1. The van der Waals surface area contributed by atoms with Crippen molar-refractivity contribution < 1.29 is 24.7 Å². The van der Waals surface area contributed by atoms with E-state index in [4.69, 9.17) is 19.6 Å². The zero-order valence-corrected chi connectivity index (χ0v) is 14.4. The molecular formula is C19H28O5. The molecular weight excluding hydrogens is 308 g/mol. The zero-order valence-electron chi connectivity index (χ0n) is 14.4. The predicted molar refractivity (Wildman–Crippen MR) is 89.6 cm³/mol. The molecule has 0 amide bonds. The summed E-state index contributed by atoms with van der Waals surface area (Å²) in [4.78, 5) is 21.7. The van der Waals surface area contributed by atoms with Gasteiger partial charge in [0.2, 0.25) is 0 Å². The Morgan fingerprint density at radius 1 is 0.708 bits per heavy atom. The SMILES string of the molecule is CC1CCC(OOc2ccc(OOC3CCC(O)CC3)cc2)CC1. The monoisotopic (exact) mass is 336 g/mol. The van der Waals surface area contributed by atoms with Gasteiger partial charge in [-0.3, -0.25) is 0 Å². The van der Waals surface area contributed by atoms with Gasteiger partial charge in [0.05, 0.1) is 6.10 Å². The molecule has 134 valence electrons. The van der Waals surface area contributed by atoms with Crippen LogP contribution in [0, 0.1) is 5.92 Å². The fraction of sp³-hybridized carbons (Fsp3) is 0.684. The van der Waals surface area contributed by atoms with E-state index in [9.17, 15) is 5.11 Å². The first kappa shape index (κ1) is 17.5. The molecule has 5 heteroatoms. The van der Waals surface area contributed by atoms with Gasteiger partial charge in [-0.25, -0.2) is 0 Å². The van der Waals surface area contributed by atoms with Crippen LogP contribution < -0.4 is 9.78 Å². The lowest BCUT2D eigenvalue weighted by Crippen LogP contribution is -2.25. The van der Waals surface area contributed by atoms with E-state index in [-0.39, 0.29) is 18.3 Å². The van der Waals surface area contributed by atoms with Crippen molar-refractivity contribution in [2.75, 3.05) is 0 Å². The Labute approximate surface area is 143 Å². The summed E-state index contributed by atoms with van der Waals surface area (Å²) in [5, 5.41) is 9.48. The number of hydrogen-bond acceptors (Lipinski definition) is 5. The van der Waals surface area contributed by atoms with Gasteiger partial charge >= 0.3 is 0 Å². The molecule has 2 aliphatic rings. The van der Waals surface area contributed by atoms with Gasteiger partial charge in [0.1, 0.15) is 12.2 Å². The highest BCUT2D eigenvalue weighted by atomic mass is 17.2. The van der Waals surface area contributed by atoms with Crippen LogP contribution in [-0.4, -0.2) is 23.4 Å². The van der Waals surface area contributed by atoms with Crippen LogP contribution in [0.4, 0.5) is 0 Å². The van der Waals surface area contributed by atoms with Crippen LogP contribution in [0.1, 0.15) is 58.3 Å². The van der Waals surface area contributed by atoms with Crippen molar-refractivity contribution >= 4 is 0 Å². The van der Waals surface area contributed by atoms with Crippen LogP contribution in [0.25, 0.3) is 0 Å². The molecule has 2 fully saturated rings. The molecule has 0 unspecified atom stereocenters. The number of hydrogen-bond donors (Lipinski definition) is 1. The van der Waals surface area contributed by atoms with Gasteiger partial charge < -0.3 is 14.9 Å². The topological polar surface area (TPSA) is 57.2 Å². The first-order valence-electron chi connectivity index (χ1n) is 9.14. The minimum absolute atomic E-state index is 0.0568. The molecule has 0 aromatic heterocycles. The van der Waals surface area contributed by atoms with Crippen molar-refractivity contribution in [3.63, 3.8) is 0 Å². The van der Waals surface area contributed by atoms with E-state index in [1.165, 1.54) is 12.8 Å². The lowest BCUT2D eigenvalue weighted by Gasteiger charge is -2.25. The summed E-state index contributed by atoms with van der Waals surface area (Å²) >= 11 is 0. The number of aliphatic hydroxyl groups excluding tert-OH is 1. The van der Waals surface area contributed by atoms with Crippen LogP contribution >= 0.6 is 0 Å². The van der Waals surface area contributed by atoms with Crippen molar-refractivity contribution in [3.05, 3.63) is 24.3 Å². The molecule has 2 aliphatic carbocycles. The van der Waals surface area contributed by atoms with E-state index in [2.05, 4.69) is 6.92 Å². The summed E-state index contributed by atoms with van der Waals surface area (Å²) in [7, 11) is 0. The van der Waals surface area contributed by atoms with Crippen molar-refractivity contribution in [1.29, 1.82) is 0 Å². The Kier molecular flexibility index (Phi) is 6.35. The molecule has 2 saturated carbocycles. The Morgan fingerprint density at radius 3 is 1.58 bits per heavy atom. The Morgan fingerprint density at radius 2 is 1.12 bits per heavy atom. The van der Waals surface area contributed by atoms with E-state index >= 15 is 0 Å². The molecule has 0 bridgehead atoms. The lowest BCUT2D eigenvalue weighted by atomic mass is 9.89. The fourth-order valence-electron chi connectivity index (χ4n) is 3.27. The van der Waals surface area contributed by atoms with Crippen LogP contribution in [0.15, 0.2) is 24.3 Å². The minimum Gasteiger partial charge on any atom is -0.393 e. The zero-order chi connectivity index (χ0) is 16.8. The second kappa shape index (κ2) is 8.70. The highest BCUT2D eigenvalue weighted by Gasteiger charge is 2.21. The average molecular weight is 336 g/mol.